The van der Waals surface area contributed by atoms with Gasteiger partial charge in [0.2, 0.25) is 11.7 Å². The van der Waals surface area contributed by atoms with E-state index >= 15 is 0 Å². The topological polar surface area (TPSA) is 114 Å². The van der Waals surface area contributed by atoms with Crippen LogP contribution in [0.1, 0.15) is 24.8 Å². The highest BCUT2D eigenvalue weighted by molar-refractivity contribution is 6.27. The lowest BCUT2D eigenvalue weighted by molar-refractivity contribution is -0.157. The molecule has 0 bridgehead atoms. The first kappa shape index (κ1) is 21.0. The van der Waals surface area contributed by atoms with Crippen LogP contribution in [0.4, 0.5) is 10.1 Å². The van der Waals surface area contributed by atoms with Gasteiger partial charge in [-0.3, -0.25) is 9.59 Å². The third-order valence-corrected chi connectivity index (χ3v) is 5.72. The number of allylic oxidation sites excluding steroid dienone is 1. The summed E-state index contributed by atoms with van der Waals surface area (Å²) in [6.45, 7) is 0. The van der Waals surface area contributed by atoms with Crippen LogP contribution in [0, 0.1) is 11.7 Å². The smallest absolute Gasteiger partial charge is 0.326 e. The number of halogens is 1. The third-order valence-electron chi connectivity index (χ3n) is 5.72. The number of carbonyl (C=O) groups is 2. The number of ketones is 1. The van der Waals surface area contributed by atoms with Gasteiger partial charge >= 0.3 is 5.97 Å². The molecular weight excluding hydrogens is 429 g/mol. The summed E-state index contributed by atoms with van der Waals surface area (Å²) in [6.07, 6.45) is 5.17. The molecule has 0 radical (unpaired) electrons. The van der Waals surface area contributed by atoms with Crippen LogP contribution in [0.3, 0.4) is 0 Å². The van der Waals surface area contributed by atoms with Gasteiger partial charge in [-0.05, 0) is 61.7 Å². The number of hydrogen-bond acceptors (Lipinski definition) is 7. The molecule has 0 amide bonds. The molecule has 5 rings (SSSR count). The zero-order valence-corrected chi connectivity index (χ0v) is 17.4. The van der Waals surface area contributed by atoms with Crippen LogP contribution in [0.15, 0.2) is 59.5 Å². The summed E-state index contributed by atoms with van der Waals surface area (Å²) in [5, 5.41) is 10.8. The summed E-state index contributed by atoms with van der Waals surface area (Å²) in [5.41, 5.74) is 1.61. The van der Waals surface area contributed by atoms with Crippen molar-refractivity contribution >= 4 is 40.4 Å². The number of aliphatic hydroxyl groups is 1. The van der Waals surface area contributed by atoms with E-state index in [1.807, 2.05) is 6.07 Å². The van der Waals surface area contributed by atoms with Gasteiger partial charge < -0.3 is 19.6 Å². The lowest BCUT2D eigenvalue weighted by atomic mass is 10.0. The van der Waals surface area contributed by atoms with Crippen molar-refractivity contribution in [1.29, 1.82) is 0 Å². The predicted octanol–water partition coefficient (Wildman–Crippen LogP) is 3.45. The fourth-order valence-corrected chi connectivity index (χ4v) is 4.01. The van der Waals surface area contributed by atoms with E-state index in [1.54, 1.807) is 18.5 Å². The monoisotopic (exact) mass is 449 g/mol. The largest absolute Gasteiger partial charge is 0.459 e. The highest BCUT2D eigenvalue weighted by Gasteiger charge is 2.46. The fraction of sp³-hybridized carbons (Fsp3) is 0.250. The number of Topliss-reactive ketones (excluding diaryl/α,β-unsaturated/α-hetero) is 1. The van der Waals surface area contributed by atoms with Crippen LogP contribution in [-0.2, 0) is 19.1 Å². The van der Waals surface area contributed by atoms with Gasteiger partial charge in [0.1, 0.15) is 17.6 Å². The first-order valence-electron chi connectivity index (χ1n) is 10.6. The Balaban J connectivity index is 1.50. The van der Waals surface area contributed by atoms with Gasteiger partial charge in [-0.2, -0.15) is 0 Å². The van der Waals surface area contributed by atoms with E-state index in [2.05, 4.69) is 15.0 Å². The van der Waals surface area contributed by atoms with Crippen molar-refractivity contribution in [3.8, 4) is 0 Å². The first-order valence-corrected chi connectivity index (χ1v) is 10.6. The molecule has 3 atom stereocenters. The zero-order valence-electron chi connectivity index (χ0n) is 17.4. The van der Waals surface area contributed by atoms with E-state index < -0.39 is 35.7 Å². The average Bonchev–Trinajstić information content (AvgIpc) is 3.48. The number of hydrogen-bond donors (Lipinski definition) is 2. The van der Waals surface area contributed by atoms with Gasteiger partial charge in [-0.1, -0.05) is 0 Å². The van der Waals surface area contributed by atoms with Crippen LogP contribution in [0.2, 0.25) is 0 Å². The molecule has 1 saturated heterocycles. The molecule has 3 aromatic rings. The number of H-pyrrole nitrogens is 1. The quantitative estimate of drug-likeness (QED) is 0.358. The number of pyridine rings is 1. The van der Waals surface area contributed by atoms with Gasteiger partial charge in [-0.25, -0.2) is 14.4 Å². The molecule has 2 N–H and O–H groups in total. The SMILES string of the molecule is O=C(O[C@@H]1CCC[C@@H]1O)C1C(=O)/C(=C/c2c[nH]c3ncccc23)OC1=Nc1ccc(F)cc1. The van der Waals surface area contributed by atoms with Crippen molar-refractivity contribution in [2.24, 2.45) is 10.9 Å². The maximum atomic E-state index is 13.3. The lowest BCUT2D eigenvalue weighted by Crippen LogP contribution is -2.34. The first-order chi connectivity index (χ1) is 16.0. The van der Waals surface area contributed by atoms with E-state index in [0.29, 0.717) is 29.7 Å². The number of aromatic amines is 1. The Hall–Kier alpha value is -3.85. The Morgan fingerprint density at radius 1 is 1.27 bits per heavy atom. The summed E-state index contributed by atoms with van der Waals surface area (Å²) in [6, 6.07) is 8.86. The number of aromatic nitrogens is 2. The molecule has 168 valence electrons. The van der Waals surface area contributed by atoms with Gasteiger partial charge in [0.05, 0.1) is 11.8 Å². The summed E-state index contributed by atoms with van der Waals surface area (Å²) in [7, 11) is 0. The highest BCUT2D eigenvalue weighted by Crippen LogP contribution is 2.31. The number of esters is 1. The van der Waals surface area contributed by atoms with Crippen LogP contribution >= 0.6 is 0 Å². The van der Waals surface area contributed by atoms with E-state index in [4.69, 9.17) is 9.47 Å². The number of fused-ring (bicyclic) bond motifs is 1. The van der Waals surface area contributed by atoms with Crippen molar-refractivity contribution in [3.05, 3.63) is 65.9 Å². The normalized spacial score (nSPS) is 25.2. The van der Waals surface area contributed by atoms with Crippen LogP contribution in [0.5, 0.6) is 0 Å². The Labute approximate surface area is 187 Å². The van der Waals surface area contributed by atoms with Crippen molar-refractivity contribution in [1.82, 2.24) is 9.97 Å². The maximum absolute atomic E-state index is 13.3. The molecular formula is C24H20FN3O5. The highest BCUT2D eigenvalue weighted by atomic mass is 19.1. The second-order valence-electron chi connectivity index (χ2n) is 7.95. The number of benzene rings is 1. The molecule has 1 aliphatic carbocycles. The number of carbonyl (C=O) groups excluding carboxylic acids is 2. The molecule has 8 nitrogen and oxygen atoms in total. The fourth-order valence-electron chi connectivity index (χ4n) is 4.01. The average molecular weight is 449 g/mol. The molecule has 2 fully saturated rings. The van der Waals surface area contributed by atoms with E-state index in [9.17, 15) is 19.1 Å². The zero-order chi connectivity index (χ0) is 22.9. The Kier molecular flexibility index (Phi) is 5.47. The minimum absolute atomic E-state index is 0.0745. The minimum atomic E-state index is -1.42. The summed E-state index contributed by atoms with van der Waals surface area (Å²) in [5.74, 6) is -3.54. The number of aliphatic imine (C=N–C) groups is 1. The number of ether oxygens (including phenoxy) is 2. The number of nitrogens with zero attached hydrogens (tertiary/aromatic N) is 2. The molecule has 3 heterocycles. The Morgan fingerprint density at radius 3 is 2.85 bits per heavy atom. The van der Waals surface area contributed by atoms with Gasteiger partial charge in [0, 0.05) is 23.3 Å². The Bertz CT molecular complexity index is 1280. The van der Waals surface area contributed by atoms with Crippen LogP contribution < -0.4 is 0 Å². The number of rotatable bonds is 4. The number of aliphatic hydroxyl groups excluding tert-OH is 1. The second-order valence-corrected chi connectivity index (χ2v) is 7.95. The van der Waals surface area contributed by atoms with Crippen LogP contribution in [-0.4, -0.2) is 44.9 Å². The van der Waals surface area contributed by atoms with Crippen molar-refractivity contribution in [2.75, 3.05) is 0 Å². The van der Waals surface area contributed by atoms with E-state index in [1.165, 1.54) is 30.3 Å². The van der Waals surface area contributed by atoms with Crippen molar-refractivity contribution < 1.29 is 28.6 Å². The minimum Gasteiger partial charge on any atom is -0.459 e. The molecule has 33 heavy (non-hydrogen) atoms. The van der Waals surface area contributed by atoms with E-state index in [0.717, 1.165) is 11.8 Å². The van der Waals surface area contributed by atoms with Gasteiger partial charge in [-0.15, -0.1) is 0 Å². The standard InChI is InChI=1S/C24H20FN3O5/c25-14-6-8-15(9-7-14)28-23-20(24(31)33-18-5-1-4-17(18)29)21(30)19(32-23)11-13-12-27-22-16(13)3-2-10-26-22/h2-3,6-12,17-18,20,29H,1,4-5H2,(H,26,27)/b19-11-,28-23?/t17-,18+,20?/m0/s1. The molecule has 9 heteroatoms. The van der Waals surface area contributed by atoms with E-state index in [-0.39, 0.29) is 11.7 Å². The molecule has 1 saturated carbocycles. The van der Waals surface area contributed by atoms with Gasteiger partial charge in [0.15, 0.2) is 11.7 Å². The Morgan fingerprint density at radius 2 is 2.09 bits per heavy atom. The second kappa shape index (κ2) is 8.59. The summed E-state index contributed by atoms with van der Waals surface area (Å²) < 4.78 is 24.5. The van der Waals surface area contributed by atoms with Crippen molar-refractivity contribution in [2.45, 2.75) is 31.5 Å². The van der Waals surface area contributed by atoms with Crippen LogP contribution in [0.25, 0.3) is 17.1 Å². The maximum Gasteiger partial charge on any atom is 0.326 e. The molecule has 1 aromatic carbocycles. The molecule has 1 unspecified atom stereocenters. The number of nitrogens with one attached hydrogen (secondary N) is 1. The third kappa shape index (κ3) is 4.14. The summed E-state index contributed by atoms with van der Waals surface area (Å²) in [4.78, 5) is 37.7. The lowest BCUT2D eigenvalue weighted by Gasteiger charge is -2.17. The van der Waals surface area contributed by atoms with Crippen molar-refractivity contribution in [3.63, 3.8) is 0 Å². The predicted molar refractivity (Wildman–Crippen MR) is 117 cm³/mol. The molecule has 1 aliphatic heterocycles. The molecule has 2 aliphatic rings. The molecule has 2 aromatic heterocycles. The molecule has 0 spiro atoms. The summed E-state index contributed by atoms with van der Waals surface area (Å²) >= 11 is 0. The van der Waals surface area contributed by atoms with Gasteiger partial charge in [0.25, 0.3) is 0 Å².